The molecule has 2 heterocycles. The highest BCUT2D eigenvalue weighted by Gasteiger charge is 2.42. The SMILES string of the molecule is C[C@@](Cc1c[nH]c2ccccc12)(NS(=O)(=O)c1ccccc1Cl)C(=O)NCC1(c2ccccn2)CCCCC1. The summed E-state index contributed by atoms with van der Waals surface area (Å²) in [5.74, 6) is -0.399. The van der Waals surface area contributed by atoms with Crippen molar-refractivity contribution in [2.24, 2.45) is 0 Å². The Balaban J connectivity index is 1.48. The number of carbonyl (C=O) groups excluding carboxylic acids is 1. The summed E-state index contributed by atoms with van der Waals surface area (Å²) in [5, 5.41) is 4.16. The summed E-state index contributed by atoms with van der Waals surface area (Å²) in [6.45, 7) is 2.01. The first-order chi connectivity index (χ1) is 18.7. The zero-order valence-corrected chi connectivity index (χ0v) is 23.5. The number of benzene rings is 2. The molecule has 2 aromatic carbocycles. The Morgan fingerprint density at radius 3 is 2.49 bits per heavy atom. The Bertz CT molecular complexity index is 1570. The van der Waals surface area contributed by atoms with Gasteiger partial charge < -0.3 is 10.3 Å². The Morgan fingerprint density at radius 2 is 1.74 bits per heavy atom. The molecule has 9 heteroatoms. The monoisotopic (exact) mass is 564 g/mol. The first kappa shape index (κ1) is 27.4. The van der Waals surface area contributed by atoms with Crippen molar-refractivity contribution < 1.29 is 13.2 Å². The second kappa shape index (κ2) is 11.1. The summed E-state index contributed by atoms with van der Waals surface area (Å²) >= 11 is 6.26. The zero-order valence-electron chi connectivity index (χ0n) is 21.9. The number of hydrogen-bond acceptors (Lipinski definition) is 4. The van der Waals surface area contributed by atoms with Crippen LogP contribution in [0.3, 0.4) is 0 Å². The van der Waals surface area contributed by atoms with Gasteiger partial charge >= 0.3 is 0 Å². The fourth-order valence-corrected chi connectivity index (χ4v) is 7.60. The molecule has 204 valence electrons. The van der Waals surface area contributed by atoms with Crippen LogP contribution < -0.4 is 10.0 Å². The van der Waals surface area contributed by atoms with E-state index in [-0.39, 0.29) is 21.8 Å². The predicted octanol–water partition coefficient (Wildman–Crippen LogP) is 5.51. The number of pyridine rings is 1. The smallest absolute Gasteiger partial charge is 0.243 e. The maximum Gasteiger partial charge on any atom is 0.243 e. The summed E-state index contributed by atoms with van der Waals surface area (Å²) in [5.41, 5.74) is 0.921. The molecule has 0 radical (unpaired) electrons. The summed E-state index contributed by atoms with van der Waals surface area (Å²) in [7, 11) is -4.13. The van der Waals surface area contributed by atoms with Crippen LogP contribution in [0.4, 0.5) is 0 Å². The molecule has 1 atom stereocenters. The molecule has 1 aliphatic carbocycles. The minimum atomic E-state index is -4.13. The van der Waals surface area contributed by atoms with E-state index in [0.717, 1.165) is 54.3 Å². The molecular weight excluding hydrogens is 532 g/mol. The van der Waals surface area contributed by atoms with Crippen molar-refractivity contribution in [1.29, 1.82) is 0 Å². The highest BCUT2D eigenvalue weighted by atomic mass is 35.5. The maximum atomic E-state index is 14.0. The molecule has 0 unspecified atom stereocenters. The average Bonchev–Trinajstić information content (AvgIpc) is 3.35. The molecule has 1 amide bonds. The zero-order chi connectivity index (χ0) is 27.5. The highest BCUT2D eigenvalue weighted by molar-refractivity contribution is 7.89. The van der Waals surface area contributed by atoms with Crippen LogP contribution in [0.25, 0.3) is 10.9 Å². The minimum absolute atomic E-state index is 0.0677. The third-order valence-corrected chi connectivity index (χ3v) is 9.91. The molecule has 2 aromatic heterocycles. The molecule has 3 N–H and O–H groups in total. The first-order valence-electron chi connectivity index (χ1n) is 13.3. The lowest BCUT2D eigenvalue weighted by Gasteiger charge is -2.38. The van der Waals surface area contributed by atoms with E-state index in [1.807, 2.05) is 48.7 Å². The van der Waals surface area contributed by atoms with Gasteiger partial charge in [-0.2, -0.15) is 4.72 Å². The number of nitrogens with zero attached hydrogens (tertiary/aromatic N) is 1. The Labute approximate surface area is 234 Å². The summed E-state index contributed by atoms with van der Waals surface area (Å²) in [4.78, 5) is 21.8. The number of nitrogens with one attached hydrogen (secondary N) is 3. The third-order valence-electron chi connectivity index (χ3n) is 7.81. The van der Waals surface area contributed by atoms with Gasteiger partial charge in [0.15, 0.2) is 0 Å². The van der Waals surface area contributed by atoms with E-state index in [4.69, 9.17) is 11.6 Å². The fraction of sp³-hybridized carbons (Fsp3) is 0.333. The van der Waals surface area contributed by atoms with Crippen LogP contribution in [0.1, 0.15) is 50.3 Å². The van der Waals surface area contributed by atoms with Gasteiger partial charge in [-0.3, -0.25) is 9.78 Å². The number of carbonyl (C=O) groups is 1. The van der Waals surface area contributed by atoms with Gasteiger partial charge in [0.25, 0.3) is 0 Å². The number of sulfonamides is 1. The number of hydrogen-bond donors (Lipinski definition) is 3. The van der Waals surface area contributed by atoms with Crippen LogP contribution >= 0.6 is 11.6 Å². The molecule has 0 saturated heterocycles. The number of H-pyrrole nitrogens is 1. The van der Waals surface area contributed by atoms with E-state index in [9.17, 15) is 13.2 Å². The van der Waals surface area contributed by atoms with E-state index >= 15 is 0 Å². The van der Waals surface area contributed by atoms with Gasteiger partial charge in [-0.25, -0.2) is 8.42 Å². The number of fused-ring (bicyclic) bond motifs is 1. The lowest BCUT2D eigenvalue weighted by atomic mass is 9.71. The van der Waals surface area contributed by atoms with Gasteiger partial charge in [0.1, 0.15) is 10.4 Å². The molecule has 4 aromatic rings. The second-order valence-corrected chi connectivity index (χ2v) is 12.7. The lowest BCUT2D eigenvalue weighted by Crippen LogP contribution is -2.59. The highest BCUT2D eigenvalue weighted by Crippen LogP contribution is 2.38. The van der Waals surface area contributed by atoms with Crippen molar-refractivity contribution >= 4 is 38.4 Å². The number of rotatable bonds is 9. The van der Waals surface area contributed by atoms with Gasteiger partial charge in [0.2, 0.25) is 15.9 Å². The molecule has 0 aliphatic heterocycles. The topological polar surface area (TPSA) is 104 Å². The van der Waals surface area contributed by atoms with Crippen molar-refractivity contribution in [2.45, 2.75) is 61.3 Å². The van der Waals surface area contributed by atoms with Gasteiger partial charge in [0.05, 0.1) is 5.02 Å². The van der Waals surface area contributed by atoms with Gasteiger partial charge in [-0.15, -0.1) is 0 Å². The summed E-state index contributed by atoms with van der Waals surface area (Å²) < 4.78 is 29.8. The Kier molecular flexibility index (Phi) is 7.80. The minimum Gasteiger partial charge on any atom is -0.361 e. The van der Waals surface area contributed by atoms with Crippen LogP contribution in [0.2, 0.25) is 5.02 Å². The Hall–Kier alpha value is -3.20. The number of aromatic amines is 1. The number of para-hydroxylation sites is 1. The van der Waals surface area contributed by atoms with Crippen molar-refractivity contribution in [3.63, 3.8) is 0 Å². The normalized spacial score (nSPS) is 17.0. The first-order valence-corrected chi connectivity index (χ1v) is 15.1. The van der Waals surface area contributed by atoms with E-state index < -0.39 is 21.5 Å². The number of amides is 1. The molecule has 39 heavy (non-hydrogen) atoms. The van der Waals surface area contributed by atoms with Crippen molar-refractivity contribution in [1.82, 2.24) is 20.0 Å². The average molecular weight is 565 g/mol. The van der Waals surface area contributed by atoms with E-state index in [2.05, 4.69) is 20.0 Å². The van der Waals surface area contributed by atoms with Crippen molar-refractivity contribution in [3.8, 4) is 0 Å². The quantitative estimate of drug-likeness (QED) is 0.249. The van der Waals surface area contributed by atoms with E-state index in [1.54, 1.807) is 25.3 Å². The molecule has 1 saturated carbocycles. The number of halogens is 1. The van der Waals surface area contributed by atoms with Crippen molar-refractivity contribution in [2.75, 3.05) is 6.54 Å². The van der Waals surface area contributed by atoms with E-state index in [0.29, 0.717) is 6.54 Å². The lowest BCUT2D eigenvalue weighted by molar-refractivity contribution is -0.126. The van der Waals surface area contributed by atoms with Crippen LogP contribution in [0, 0.1) is 0 Å². The summed E-state index contributed by atoms with van der Waals surface area (Å²) in [6.07, 6.45) is 8.84. The van der Waals surface area contributed by atoms with Gasteiger partial charge in [-0.05, 0) is 55.7 Å². The largest absolute Gasteiger partial charge is 0.361 e. The van der Waals surface area contributed by atoms with E-state index in [1.165, 1.54) is 12.1 Å². The molecular formula is C30H33ClN4O3S. The molecule has 1 fully saturated rings. The molecule has 1 aliphatic rings. The molecule has 0 bridgehead atoms. The third kappa shape index (κ3) is 5.73. The Morgan fingerprint density at radius 1 is 1.03 bits per heavy atom. The van der Waals surface area contributed by atoms with Crippen molar-refractivity contribution in [3.05, 3.63) is 95.4 Å². The molecule has 7 nitrogen and oxygen atoms in total. The maximum absolute atomic E-state index is 14.0. The van der Waals surface area contributed by atoms with Gasteiger partial charge in [0, 0.05) is 47.4 Å². The van der Waals surface area contributed by atoms with Crippen LogP contribution in [0.5, 0.6) is 0 Å². The predicted molar refractivity (Wildman–Crippen MR) is 154 cm³/mol. The molecule has 0 spiro atoms. The van der Waals surface area contributed by atoms with Crippen LogP contribution in [-0.2, 0) is 26.7 Å². The number of aromatic nitrogens is 2. The van der Waals surface area contributed by atoms with Crippen LogP contribution in [0.15, 0.2) is 84.0 Å². The standard InChI is InChI=1S/C30H33ClN4O3S/c1-29(19-22-20-33-25-13-5-3-11-23(22)25,35-39(37,38)26-14-6-4-12-24(26)31)28(36)34-21-30(16-8-2-9-17-30)27-15-7-10-18-32-27/h3-7,10-15,18,20,33,35H,2,8-9,16-17,19,21H2,1H3,(H,34,36)/t29-/m0/s1. The van der Waals surface area contributed by atoms with Crippen LogP contribution in [-0.4, -0.2) is 36.4 Å². The fourth-order valence-electron chi connectivity index (χ4n) is 5.71. The molecule has 5 rings (SSSR count). The van der Waals surface area contributed by atoms with Gasteiger partial charge in [-0.1, -0.05) is 67.3 Å². The summed E-state index contributed by atoms with van der Waals surface area (Å²) in [6, 6.07) is 19.9. The second-order valence-electron chi connectivity index (χ2n) is 10.6.